The first-order valence-electron chi connectivity index (χ1n) is 8.42. The van der Waals surface area contributed by atoms with E-state index in [-0.39, 0.29) is 5.91 Å². The Hall–Kier alpha value is -2.37. The van der Waals surface area contributed by atoms with E-state index in [0.717, 1.165) is 27.1 Å². The van der Waals surface area contributed by atoms with Crippen molar-refractivity contribution in [3.63, 3.8) is 0 Å². The number of halogens is 2. The first kappa shape index (κ1) is 19.4. The fourth-order valence-electron chi connectivity index (χ4n) is 2.90. The number of hydrogen-bond acceptors (Lipinski definition) is 2. The number of carbonyl (C=O) groups excluding carboxylic acids is 1. The van der Waals surface area contributed by atoms with Crippen LogP contribution in [0.3, 0.4) is 0 Å². The number of aryl methyl sites for hydroxylation is 2. The van der Waals surface area contributed by atoms with Crippen molar-refractivity contribution in [1.82, 2.24) is 9.99 Å². The minimum Gasteiger partial charge on any atom is -0.318 e. The summed E-state index contributed by atoms with van der Waals surface area (Å²) in [7, 11) is 0. The lowest BCUT2D eigenvalue weighted by Gasteiger charge is -2.11. The lowest BCUT2D eigenvalue weighted by Crippen LogP contribution is -2.18. The average Bonchev–Trinajstić information content (AvgIpc) is 2.91. The fourth-order valence-corrected chi connectivity index (χ4v) is 3.49. The van der Waals surface area contributed by atoms with Crippen LogP contribution in [0.15, 0.2) is 58.1 Å². The maximum absolute atomic E-state index is 12.2. The molecule has 0 saturated carbocycles. The van der Waals surface area contributed by atoms with Gasteiger partial charge in [-0.25, -0.2) is 5.43 Å². The topological polar surface area (TPSA) is 46.4 Å². The van der Waals surface area contributed by atoms with Gasteiger partial charge in [-0.05, 0) is 56.7 Å². The SMILES string of the molecule is Cc1ccc(-n2c(C)cc(/C=N\NC(=O)c3ccccc3Cl)c2C)cc1Br. The number of nitrogens with one attached hydrogen (secondary N) is 1. The third-order valence-electron chi connectivity index (χ3n) is 4.37. The standard InChI is InChI=1S/C21H19BrClN3O/c1-13-8-9-17(11-19(13)22)26-14(2)10-16(15(26)3)12-24-25-21(27)18-6-4-5-7-20(18)23/h4-12H,1-3H3,(H,25,27)/b24-12-. The van der Waals surface area contributed by atoms with Crippen molar-refractivity contribution in [3.05, 3.63) is 86.1 Å². The van der Waals surface area contributed by atoms with Crippen molar-refractivity contribution in [2.24, 2.45) is 5.10 Å². The largest absolute Gasteiger partial charge is 0.318 e. The van der Waals surface area contributed by atoms with E-state index >= 15 is 0 Å². The molecule has 0 bridgehead atoms. The lowest BCUT2D eigenvalue weighted by molar-refractivity contribution is 0.0955. The Bertz CT molecular complexity index is 1040. The normalized spacial score (nSPS) is 11.1. The summed E-state index contributed by atoms with van der Waals surface area (Å²) in [6.07, 6.45) is 1.65. The van der Waals surface area contributed by atoms with Crippen molar-refractivity contribution in [3.8, 4) is 5.69 Å². The Kier molecular flexibility index (Phi) is 5.82. The molecule has 1 N–H and O–H groups in total. The first-order valence-corrected chi connectivity index (χ1v) is 9.59. The van der Waals surface area contributed by atoms with Crippen LogP contribution in [0.2, 0.25) is 5.02 Å². The number of nitrogens with zero attached hydrogens (tertiary/aromatic N) is 2. The predicted octanol–water partition coefficient (Wildman–Crippen LogP) is 5.58. The van der Waals surface area contributed by atoms with Gasteiger partial charge in [-0.3, -0.25) is 4.79 Å². The Labute approximate surface area is 172 Å². The van der Waals surface area contributed by atoms with E-state index in [4.69, 9.17) is 11.6 Å². The summed E-state index contributed by atoms with van der Waals surface area (Å²) in [6, 6.07) is 15.2. The van der Waals surface area contributed by atoms with Gasteiger partial charge >= 0.3 is 0 Å². The molecule has 2 aromatic carbocycles. The molecule has 0 aliphatic rings. The molecular weight excluding hydrogens is 426 g/mol. The maximum atomic E-state index is 12.2. The van der Waals surface area contributed by atoms with Gasteiger partial charge in [0.05, 0.1) is 16.8 Å². The molecule has 3 rings (SSSR count). The third kappa shape index (κ3) is 4.15. The van der Waals surface area contributed by atoms with Crippen molar-refractivity contribution in [1.29, 1.82) is 0 Å². The minimum absolute atomic E-state index is 0.340. The van der Waals surface area contributed by atoms with Gasteiger partial charge in [0.25, 0.3) is 5.91 Å². The molecule has 0 fully saturated rings. The van der Waals surface area contributed by atoms with Gasteiger partial charge in [0.1, 0.15) is 0 Å². The zero-order valence-corrected chi connectivity index (χ0v) is 17.6. The molecule has 0 spiro atoms. The monoisotopic (exact) mass is 443 g/mol. The smallest absolute Gasteiger partial charge is 0.272 e. The van der Waals surface area contributed by atoms with Crippen LogP contribution in [0.5, 0.6) is 0 Å². The maximum Gasteiger partial charge on any atom is 0.272 e. The molecule has 0 aliphatic carbocycles. The Morgan fingerprint density at radius 1 is 1.15 bits per heavy atom. The molecule has 3 aromatic rings. The molecule has 0 unspecified atom stereocenters. The number of benzene rings is 2. The summed E-state index contributed by atoms with van der Waals surface area (Å²) in [6.45, 7) is 6.13. The van der Waals surface area contributed by atoms with Crippen LogP contribution < -0.4 is 5.43 Å². The van der Waals surface area contributed by atoms with Gasteiger partial charge < -0.3 is 4.57 Å². The van der Waals surface area contributed by atoms with E-state index in [1.165, 1.54) is 5.56 Å². The molecule has 1 aromatic heterocycles. The van der Waals surface area contributed by atoms with E-state index in [9.17, 15) is 4.79 Å². The van der Waals surface area contributed by atoms with E-state index in [1.807, 2.05) is 19.9 Å². The van der Waals surface area contributed by atoms with Gasteiger partial charge in [0, 0.05) is 27.1 Å². The average molecular weight is 445 g/mol. The highest BCUT2D eigenvalue weighted by atomic mass is 79.9. The van der Waals surface area contributed by atoms with E-state index in [0.29, 0.717) is 10.6 Å². The fraction of sp³-hybridized carbons (Fsp3) is 0.143. The highest BCUT2D eigenvalue weighted by Crippen LogP contribution is 2.24. The second-order valence-electron chi connectivity index (χ2n) is 6.27. The van der Waals surface area contributed by atoms with Gasteiger partial charge in [-0.2, -0.15) is 5.10 Å². The number of hydrogen-bond donors (Lipinski definition) is 1. The number of aromatic nitrogens is 1. The first-order chi connectivity index (χ1) is 12.9. The van der Waals surface area contributed by atoms with Crippen LogP contribution in [0.4, 0.5) is 0 Å². The predicted molar refractivity (Wildman–Crippen MR) is 114 cm³/mol. The van der Waals surface area contributed by atoms with Crippen LogP contribution in [-0.2, 0) is 0 Å². The Balaban J connectivity index is 1.82. The highest BCUT2D eigenvalue weighted by molar-refractivity contribution is 9.10. The van der Waals surface area contributed by atoms with E-state index in [2.05, 4.69) is 56.1 Å². The number of carbonyl (C=O) groups is 1. The molecule has 0 atom stereocenters. The zero-order valence-electron chi connectivity index (χ0n) is 15.3. The summed E-state index contributed by atoms with van der Waals surface area (Å²) in [5.41, 5.74) is 8.24. The van der Waals surface area contributed by atoms with Crippen LogP contribution in [0, 0.1) is 20.8 Å². The summed E-state index contributed by atoms with van der Waals surface area (Å²) < 4.78 is 3.22. The van der Waals surface area contributed by atoms with Gasteiger partial charge in [-0.1, -0.05) is 45.7 Å². The van der Waals surface area contributed by atoms with E-state index in [1.54, 1.807) is 30.5 Å². The lowest BCUT2D eigenvalue weighted by atomic mass is 10.2. The van der Waals surface area contributed by atoms with Gasteiger partial charge in [-0.15, -0.1) is 0 Å². The van der Waals surface area contributed by atoms with Crippen LogP contribution in [-0.4, -0.2) is 16.7 Å². The summed E-state index contributed by atoms with van der Waals surface area (Å²) in [4.78, 5) is 12.2. The molecule has 138 valence electrons. The molecule has 4 nitrogen and oxygen atoms in total. The number of rotatable bonds is 4. The molecule has 1 heterocycles. The molecular formula is C21H19BrClN3O. The molecule has 6 heteroatoms. The van der Waals surface area contributed by atoms with Crippen LogP contribution >= 0.6 is 27.5 Å². The van der Waals surface area contributed by atoms with Crippen LogP contribution in [0.1, 0.15) is 32.9 Å². The van der Waals surface area contributed by atoms with Crippen molar-refractivity contribution in [2.45, 2.75) is 20.8 Å². The van der Waals surface area contributed by atoms with Gasteiger partial charge in [0.15, 0.2) is 0 Å². The van der Waals surface area contributed by atoms with E-state index < -0.39 is 0 Å². The second kappa shape index (κ2) is 8.11. The highest BCUT2D eigenvalue weighted by Gasteiger charge is 2.11. The second-order valence-corrected chi connectivity index (χ2v) is 7.54. The number of hydrazone groups is 1. The van der Waals surface area contributed by atoms with Gasteiger partial charge in [0.2, 0.25) is 0 Å². The summed E-state index contributed by atoms with van der Waals surface area (Å²) in [5.74, 6) is -0.340. The minimum atomic E-state index is -0.340. The van der Waals surface area contributed by atoms with Crippen LogP contribution in [0.25, 0.3) is 5.69 Å². The van der Waals surface area contributed by atoms with Crippen molar-refractivity contribution >= 4 is 39.7 Å². The Morgan fingerprint density at radius 2 is 1.89 bits per heavy atom. The molecule has 0 aliphatic heterocycles. The number of amides is 1. The third-order valence-corrected chi connectivity index (χ3v) is 5.56. The van der Waals surface area contributed by atoms with Crippen molar-refractivity contribution < 1.29 is 4.79 Å². The van der Waals surface area contributed by atoms with Crippen molar-refractivity contribution in [2.75, 3.05) is 0 Å². The molecule has 1 amide bonds. The summed E-state index contributed by atoms with van der Waals surface area (Å²) in [5, 5.41) is 4.49. The molecule has 0 saturated heterocycles. The quantitative estimate of drug-likeness (QED) is 0.414. The zero-order chi connectivity index (χ0) is 19.6. The molecule has 27 heavy (non-hydrogen) atoms. The molecule has 0 radical (unpaired) electrons. The Morgan fingerprint density at radius 3 is 2.59 bits per heavy atom. The summed E-state index contributed by atoms with van der Waals surface area (Å²) >= 11 is 9.62.